The molecule has 0 saturated heterocycles. The molecule has 0 spiro atoms. The van der Waals surface area contributed by atoms with Crippen LogP contribution in [0.1, 0.15) is 30.7 Å². The van der Waals surface area contributed by atoms with Gasteiger partial charge in [0.05, 0.1) is 5.39 Å². The average molecular weight is 342 g/mol. The molecule has 3 nitrogen and oxygen atoms in total. The Morgan fingerprint density at radius 3 is 2.68 bits per heavy atom. The summed E-state index contributed by atoms with van der Waals surface area (Å²) in [5.74, 6) is 1.09. The number of hydrogen-bond acceptors (Lipinski definition) is 4. The highest BCUT2D eigenvalue weighted by molar-refractivity contribution is 9.09. The highest BCUT2D eigenvalue weighted by Gasteiger charge is 2.18. The molecule has 0 bridgehead atoms. The van der Waals surface area contributed by atoms with Crippen LogP contribution in [0.15, 0.2) is 6.33 Å². The zero-order valence-electron chi connectivity index (χ0n) is 11.9. The highest BCUT2D eigenvalue weighted by atomic mass is 79.9. The molecule has 0 saturated carbocycles. The predicted molar refractivity (Wildman–Crippen MR) is 87.8 cm³/mol. The minimum absolute atomic E-state index is 0.441. The van der Waals surface area contributed by atoms with Gasteiger partial charge in [-0.1, -0.05) is 15.9 Å². The molecule has 2 heterocycles. The van der Waals surface area contributed by atoms with E-state index in [0.29, 0.717) is 6.04 Å². The maximum Gasteiger partial charge on any atom is 0.141 e. The Kier molecular flexibility index (Phi) is 4.79. The van der Waals surface area contributed by atoms with E-state index in [1.165, 1.54) is 15.8 Å². The van der Waals surface area contributed by atoms with Crippen molar-refractivity contribution in [3.8, 4) is 0 Å². The van der Waals surface area contributed by atoms with Crippen LogP contribution in [0.5, 0.6) is 0 Å². The summed E-state index contributed by atoms with van der Waals surface area (Å²) in [7, 11) is 0. The van der Waals surface area contributed by atoms with Crippen LogP contribution in [0.25, 0.3) is 10.2 Å². The van der Waals surface area contributed by atoms with Crippen LogP contribution in [-0.4, -0.2) is 27.9 Å². The van der Waals surface area contributed by atoms with Gasteiger partial charge in [0.2, 0.25) is 0 Å². The second-order valence-corrected chi connectivity index (χ2v) is 6.99. The number of aryl methyl sites for hydroxylation is 2. The van der Waals surface area contributed by atoms with Crippen LogP contribution in [0, 0.1) is 13.8 Å². The number of fused-ring (bicyclic) bond motifs is 1. The number of aromatic nitrogens is 2. The van der Waals surface area contributed by atoms with Gasteiger partial charge < -0.3 is 4.90 Å². The normalized spacial score (nSPS) is 11.5. The molecule has 2 aromatic rings. The van der Waals surface area contributed by atoms with Crippen LogP contribution >= 0.6 is 27.3 Å². The summed E-state index contributed by atoms with van der Waals surface area (Å²) in [6.07, 6.45) is 2.81. The van der Waals surface area contributed by atoms with E-state index in [0.717, 1.165) is 28.9 Å². The van der Waals surface area contributed by atoms with Gasteiger partial charge >= 0.3 is 0 Å². The molecular weight excluding hydrogens is 322 g/mol. The maximum absolute atomic E-state index is 4.56. The zero-order valence-corrected chi connectivity index (χ0v) is 14.3. The fourth-order valence-electron chi connectivity index (χ4n) is 2.22. The SMILES string of the molecule is Cc1sc2ncnc(N(CCCBr)C(C)C)c2c1C. The number of halogens is 1. The van der Waals surface area contributed by atoms with Crippen LogP contribution in [0.3, 0.4) is 0 Å². The molecule has 19 heavy (non-hydrogen) atoms. The second kappa shape index (κ2) is 6.18. The Hall–Kier alpha value is -0.680. The topological polar surface area (TPSA) is 29.0 Å². The van der Waals surface area contributed by atoms with Crippen molar-refractivity contribution in [2.45, 2.75) is 40.2 Å². The number of nitrogens with zero attached hydrogens (tertiary/aromatic N) is 3. The third-order valence-corrected chi connectivity index (χ3v) is 5.05. The monoisotopic (exact) mass is 341 g/mol. The summed E-state index contributed by atoms with van der Waals surface area (Å²) in [5, 5.41) is 2.25. The third kappa shape index (κ3) is 2.92. The van der Waals surface area contributed by atoms with Crippen LogP contribution < -0.4 is 4.90 Å². The molecular formula is C14H20BrN3S. The number of hydrogen-bond donors (Lipinski definition) is 0. The van der Waals surface area contributed by atoms with Crippen LogP contribution in [-0.2, 0) is 0 Å². The van der Waals surface area contributed by atoms with E-state index >= 15 is 0 Å². The molecule has 0 aliphatic rings. The summed E-state index contributed by atoms with van der Waals surface area (Å²) in [6, 6.07) is 0.441. The summed E-state index contributed by atoms with van der Waals surface area (Å²) < 4.78 is 0. The Labute approximate surface area is 127 Å². The minimum Gasteiger partial charge on any atom is -0.354 e. The predicted octanol–water partition coefficient (Wildman–Crippen LogP) is 4.31. The van der Waals surface area contributed by atoms with Gasteiger partial charge in [-0.25, -0.2) is 9.97 Å². The van der Waals surface area contributed by atoms with Crippen molar-refractivity contribution in [1.82, 2.24) is 9.97 Å². The summed E-state index contributed by atoms with van der Waals surface area (Å²) >= 11 is 5.27. The number of anilines is 1. The lowest BCUT2D eigenvalue weighted by Gasteiger charge is -2.28. The first-order valence-electron chi connectivity index (χ1n) is 6.59. The van der Waals surface area contributed by atoms with Crippen molar-refractivity contribution in [2.75, 3.05) is 16.8 Å². The van der Waals surface area contributed by atoms with E-state index < -0.39 is 0 Å². The van der Waals surface area contributed by atoms with Crippen molar-refractivity contribution < 1.29 is 0 Å². The molecule has 0 aliphatic carbocycles. The molecule has 0 unspecified atom stereocenters. The van der Waals surface area contributed by atoms with Gasteiger partial charge in [-0.05, 0) is 39.7 Å². The molecule has 0 amide bonds. The summed E-state index contributed by atoms with van der Waals surface area (Å²) in [6.45, 7) is 9.78. The van der Waals surface area contributed by atoms with Crippen LogP contribution in [0.2, 0.25) is 0 Å². The second-order valence-electron chi connectivity index (χ2n) is 4.99. The van der Waals surface area contributed by atoms with Crippen molar-refractivity contribution in [3.05, 3.63) is 16.8 Å². The lowest BCUT2D eigenvalue weighted by molar-refractivity contribution is 0.667. The van der Waals surface area contributed by atoms with Crippen molar-refractivity contribution in [2.24, 2.45) is 0 Å². The number of thiophene rings is 1. The molecule has 0 aromatic carbocycles. The quantitative estimate of drug-likeness (QED) is 0.759. The smallest absolute Gasteiger partial charge is 0.141 e. The lowest BCUT2D eigenvalue weighted by atomic mass is 10.2. The van der Waals surface area contributed by atoms with E-state index in [4.69, 9.17) is 0 Å². The van der Waals surface area contributed by atoms with Gasteiger partial charge in [0.1, 0.15) is 17.0 Å². The van der Waals surface area contributed by atoms with Gasteiger partial charge in [-0.3, -0.25) is 0 Å². The molecule has 0 fully saturated rings. The molecule has 0 atom stereocenters. The van der Waals surface area contributed by atoms with E-state index in [2.05, 4.69) is 58.5 Å². The van der Waals surface area contributed by atoms with E-state index in [-0.39, 0.29) is 0 Å². The van der Waals surface area contributed by atoms with Gasteiger partial charge in [0, 0.05) is 22.8 Å². The van der Waals surface area contributed by atoms with Gasteiger partial charge in [0.25, 0.3) is 0 Å². The Morgan fingerprint density at radius 1 is 1.32 bits per heavy atom. The maximum atomic E-state index is 4.56. The van der Waals surface area contributed by atoms with Gasteiger partial charge in [-0.15, -0.1) is 11.3 Å². The Bertz CT molecular complexity index is 565. The van der Waals surface area contributed by atoms with Gasteiger partial charge in [0.15, 0.2) is 0 Å². The van der Waals surface area contributed by atoms with E-state index in [1.54, 1.807) is 17.7 Å². The first-order valence-corrected chi connectivity index (χ1v) is 8.53. The molecule has 0 aliphatic heterocycles. The fraction of sp³-hybridized carbons (Fsp3) is 0.571. The first kappa shape index (κ1) is 14.7. The van der Waals surface area contributed by atoms with Crippen molar-refractivity contribution in [1.29, 1.82) is 0 Å². The van der Waals surface area contributed by atoms with E-state index in [1.807, 2.05) is 0 Å². The largest absolute Gasteiger partial charge is 0.354 e. The zero-order chi connectivity index (χ0) is 14.0. The Balaban J connectivity index is 2.52. The fourth-order valence-corrected chi connectivity index (χ4v) is 3.46. The highest BCUT2D eigenvalue weighted by Crippen LogP contribution is 2.34. The molecule has 2 rings (SSSR count). The third-order valence-electron chi connectivity index (χ3n) is 3.37. The number of rotatable bonds is 5. The van der Waals surface area contributed by atoms with E-state index in [9.17, 15) is 0 Å². The first-order chi connectivity index (χ1) is 9.06. The molecule has 0 radical (unpaired) electrons. The molecule has 2 aromatic heterocycles. The summed E-state index contributed by atoms with van der Waals surface area (Å²) in [5.41, 5.74) is 1.32. The molecule has 104 valence electrons. The van der Waals surface area contributed by atoms with Crippen LogP contribution in [0.4, 0.5) is 5.82 Å². The Morgan fingerprint density at radius 2 is 2.05 bits per heavy atom. The van der Waals surface area contributed by atoms with Crippen molar-refractivity contribution >= 4 is 43.3 Å². The lowest BCUT2D eigenvalue weighted by Crippen LogP contribution is -2.33. The summed E-state index contributed by atoms with van der Waals surface area (Å²) in [4.78, 5) is 13.8. The standard InChI is InChI=1S/C14H20BrN3S/c1-9(2)18(7-5-6-15)13-12-10(3)11(4)19-14(12)17-8-16-13/h8-9H,5-7H2,1-4H3. The molecule has 5 heteroatoms. The minimum atomic E-state index is 0.441. The molecule has 0 N–H and O–H groups in total. The van der Waals surface area contributed by atoms with Crippen molar-refractivity contribution in [3.63, 3.8) is 0 Å². The number of alkyl halides is 1. The van der Waals surface area contributed by atoms with Gasteiger partial charge in [-0.2, -0.15) is 0 Å². The average Bonchev–Trinajstić information content (AvgIpc) is 2.66.